The molecule has 0 aromatic heterocycles. The van der Waals surface area contributed by atoms with E-state index >= 15 is 0 Å². The summed E-state index contributed by atoms with van der Waals surface area (Å²) in [6.07, 6.45) is 0. The van der Waals surface area contributed by atoms with E-state index in [1.807, 2.05) is 0 Å². The average Bonchev–Trinajstić information content (AvgIpc) is 1.65. The molecule has 0 heterocycles. The van der Waals surface area contributed by atoms with Gasteiger partial charge in [-0.2, -0.15) is 0 Å². The highest BCUT2D eigenvalue weighted by molar-refractivity contribution is 5.08. The highest BCUT2D eigenvalue weighted by Gasteiger charge is 1.86. The molecule has 0 spiro atoms. The summed E-state index contributed by atoms with van der Waals surface area (Å²) in [5.41, 5.74) is 0.361. The highest BCUT2D eigenvalue weighted by Crippen LogP contribution is 1.97. The smallest absolute Gasteiger partial charge is 0.198 e. The van der Waals surface area contributed by atoms with Crippen molar-refractivity contribution in [1.82, 2.24) is 0 Å². The maximum atomic E-state index is 8.49. The molecule has 0 aromatic rings. The Balaban J connectivity index is 4.07. The zero-order valence-corrected chi connectivity index (χ0v) is 4.39. The molecule has 0 aliphatic heterocycles. The fourth-order valence-electron chi connectivity index (χ4n) is 0.0809. The molecule has 0 fully saturated rings. The normalized spacial score (nSPS) is 12.1. The third-order valence-corrected chi connectivity index (χ3v) is 0.691. The van der Waals surface area contributed by atoms with Gasteiger partial charge in [-0.15, -0.1) is 0 Å². The summed E-state index contributed by atoms with van der Waals surface area (Å²) >= 11 is 0. The molecule has 0 rings (SSSR count). The lowest BCUT2D eigenvalue weighted by Gasteiger charge is -1.84. The number of nitrogens with zero attached hydrogens (tertiary/aromatic N) is 1. The van der Waals surface area contributed by atoms with Crippen LogP contribution in [0.2, 0.25) is 0 Å². The molecule has 0 radical (unpaired) electrons. The second-order valence-corrected chi connectivity index (χ2v) is 1.28. The number of hydrogen-bond donors (Lipinski definition) is 1. The van der Waals surface area contributed by atoms with Gasteiger partial charge in [-0.3, -0.25) is 0 Å². The molecule has 0 unspecified atom stereocenters. The standard InChI is InChI=1S/C5H7NO/c1-4(6-3)5(2)7/h7H,1-2H3. The van der Waals surface area contributed by atoms with Crippen molar-refractivity contribution in [2.75, 3.05) is 0 Å². The first-order valence-corrected chi connectivity index (χ1v) is 1.92. The summed E-state index contributed by atoms with van der Waals surface area (Å²) in [5, 5.41) is 8.49. The van der Waals surface area contributed by atoms with E-state index in [4.69, 9.17) is 11.7 Å². The van der Waals surface area contributed by atoms with Gasteiger partial charge in [0.1, 0.15) is 0 Å². The summed E-state index contributed by atoms with van der Waals surface area (Å²) in [7, 11) is 0. The van der Waals surface area contributed by atoms with Gasteiger partial charge in [0.2, 0.25) is 0 Å². The van der Waals surface area contributed by atoms with Gasteiger partial charge in [-0.25, -0.2) is 4.85 Å². The highest BCUT2D eigenvalue weighted by atomic mass is 16.3. The molecule has 0 saturated heterocycles. The molecule has 7 heavy (non-hydrogen) atoms. The summed E-state index contributed by atoms with van der Waals surface area (Å²) in [4.78, 5) is 2.97. The Morgan fingerprint density at radius 3 is 2.00 bits per heavy atom. The maximum Gasteiger partial charge on any atom is 0.198 e. The molecule has 0 aromatic carbocycles. The van der Waals surface area contributed by atoms with Gasteiger partial charge < -0.3 is 5.11 Å². The number of aliphatic hydroxyl groups excluding tert-OH is 1. The van der Waals surface area contributed by atoms with Gasteiger partial charge in [0.05, 0.1) is 12.3 Å². The second-order valence-electron chi connectivity index (χ2n) is 1.28. The SMILES string of the molecule is [C-]#[N+]C(C)=C(C)O. The van der Waals surface area contributed by atoms with E-state index in [9.17, 15) is 0 Å². The molecule has 0 aliphatic rings. The van der Waals surface area contributed by atoms with Crippen molar-refractivity contribution < 1.29 is 5.11 Å². The van der Waals surface area contributed by atoms with Crippen LogP contribution < -0.4 is 0 Å². The van der Waals surface area contributed by atoms with Crippen LogP contribution in [0.15, 0.2) is 11.5 Å². The van der Waals surface area contributed by atoms with Crippen LogP contribution in [0, 0.1) is 6.57 Å². The Labute approximate surface area is 42.9 Å². The van der Waals surface area contributed by atoms with E-state index in [0.717, 1.165) is 0 Å². The van der Waals surface area contributed by atoms with Gasteiger partial charge in [0, 0.05) is 0 Å². The van der Waals surface area contributed by atoms with Crippen molar-refractivity contribution in [3.8, 4) is 0 Å². The van der Waals surface area contributed by atoms with Crippen LogP contribution in [-0.4, -0.2) is 5.11 Å². The van der Waals surface area contributed by atoms with E-state index in [1.54, 1.807) is 6.92 Å². The topological polar surface area (TPSA) is 24.6 Å². The Bertz CT molecular complexity index is 126. The quantitative estimate of drug-likeness (QED) is 0.361. The van der Waals surface area contributed by atoms with E-state index in [0.29, 0.717) is 5.70 Å². The van der Waals surface area contributed by atoms with Gasteiger partial charge in [-0.05, 0) is 13.8 Å². The Kier molecular flexibility index (Phi) is 1.94. The predicted octanol–water partition coefficient (Wildman–Crippen LogP) is 1.72. The first kappa shape index (κ1) is 6.03. The minimum absolute atomic E-state index is 0.106. The predicted molar refractivity (Wildman–Crippen MR) is 27.6 cm³/mol. The van der Waals surface area contributed by atoms with Crippen molar-refractivity contribution in [1.29, 1.82) is 0 Å². The maximum absolute atomic E-state index is 8.49. The van der Waals surface area contributed by atoms with Gasteiger partial charge in [0.15, 0.2) is 5.70 Å². The lowest BCUT2D eigenvalue weighted by atomic mass is 10.4. The van der Waals surface area contributed by atoms with Crippen LogP contribution in [0.1, 0.15) is 13.8 Å². The number of rotatable bonds is 0. The van der Waals surface area contributed by atoms with Crippen molar-refractivity contribution in [3.05, 3.63) is 22.9 Å². The second kappa shape index (κ2) is 2.25. The molecule has 1 N–H and O–H groups in total. The molecular weight excluding hydrogens is 90.1 g/mol. The van der Waals surface area contributed by atoms with Crippen molar-refractivity contribution in [2.24, 2.45) is 0 Å². The molecule has 38 valence electrons. The largest absolute Gasteiger partial charge is 0.524 e. The lowest BCUT2D eigenvalue weighted by Crippen LogP contribution is -1.72. The molecule has 0 saturated carbocycles. The Hall–Kier alpha value is -0.970. The zero-order valence-electron chi connectivity index (χ0n) is 4.39. The van der Waals surface area contributed by atoms with Crippen LogP contribution in [0.4, 0.5) is 0 Å². The molecule has 0 bridgehead atoms. The lowest BCUT2D eigenvalue weighted by molar-refractivity contribution is 0.409. The van der Waals surface area contributed by atoms with E-state index < -0.39 is 0 Å². The van der Waals surface area contributed by atoms with Crippen molar-refractivity contribution in [3.63, 3.8) is 0 Å². The van der Waals surface area contributed by atoms with Crippen LogP contribution in [-0.2, 0) is 0 Å². The van der Waals surface area contributed by atoms with Crippen LogP contribution >= 0.6 is 0 Å². The zero-order chi connectivity index (χ0) is 5.86. The van der Waals surface area contributed by atoms with Gasteiger partial charge in [-0.1, -0.05) is 0 Å². The molecule has 0 atom stereocenters. The minimum atomic E-state index is 0.106. The first-order chi connectivity index (χ1) is 3.18. The summed E-state index contributed by atoms with van der Waals surface area (Å²) in [6.45, 7) is 9.41. The Morgan fingerprint density at radius 2 is 2.00 bits per heavy atom. The summed E-state index contributed by atoms with van der Waals surface area (Å²) < 4.78 is 0. The number of allylic oxidation sites excluding steroid dienone is 2. The van der Waals surface area contributed by atoms with Crippen LogP contribution in [0.5, 0.6) is 0 Å². The van der Waals surface area contributed by atoms with E-state index in [1.165, 1.54) is 6.92 Å². The van der Waals surface area contributed by atoms with Crippen LogP contribution in [0.3, 0.4) is 0 Å². The molecular formula is C5H7NO. The Morgan fingerprint density at radius 1 is 1.57 bits per heavy atom. The number of aliphatic hydroxyl groups is 1. The molecule has 0 aliphatic carbocycles. The monoisotopic (exact) mass is 97.1 g/mol. The van der Waals surface area contributed by atoms with Crippen molar-refractivity contribution in [2.45, 2.75) is 13.8 Å². The van der Waals surface area contributed by atoms with Crippen molar-refractivity contribution >= 4 is 0 Å². The van der Waals surface area contributed by atoms with E-state index in [-0.39, 0.29) is 5.76 Å². The fourth-order valence-corrected chi connectivity index (χ4v) is 0.0809. The molecule has 0 amide bonds. The molecule has 2 heteroatoms. The van der Waals surface area contributed by atoms with E-state index in [2.05, 4.69) is 4.85 Å². The summed E-state index contributed by atoms with van der Waals surface area (Å²) in [5.74, 6) is 0.106. The minimum Gasteiger partial charge on any atom is -0.524 e. The fraction of sp³-hybridized carbons (Fsp3) is 0.400. The van der Waals surface area contributed by atoms with Gasteiger partial charge in [0.25, 0.3) is 0 Å². The third-order valence-electron chi connectivity index (χ3n) is 0.691. The third kappa shape index (κ3) is 1.83. The summed E-state index contributed by atoms with van der Waals surface area (Å²) in [6, 6.07) is 0. The molecule has 2 nitrogen and oxygen atoms in total. The van der Waals surface area contributed by atoms with Crippen LogP contribution in [0.25, 0.3) is 4.85 Å². The first-order valence-electron chi connectivity index (χ1n) is 1.92. The van der Waals surface area contributed by atoms with Gasteiger partial charge >= 0.3 is 0 Å². The number of hydrogen-bond acceptors (Lipinski definition) is 1. The average molecular weight is 97.1 g/mol.